The van der Waals surface area contributed by atoms with Crippen LogP contribution in [-0.4, -0.2) is 38.2 Å². The summed E-state index contributed by atoms with van der Waals surface area (Å²) >= 11 is 0. The molecule has 2 aromatic rings. The van der Waals surface area contributed by atoms with Crippen molar-refractivity contribution in [3.8, 4) is 11.5 Å². The van der Waals surface area contributed by atoms with E-state index in [4.69, 9.17) is 14.2 Å². The minimum Gasteiger partial charge on any atom is -0.497 e. The maximum absolute atomic E-state index is 12.2. The second-order valence-corrected chi connectivity index (χ2v) is 6.56. The van der Waals surface area contributed by atoms with Gasteiger partial charge >= 0.3 is 5.97 Å². The number of carbonyl (C=O) groups excluding carboxylic acids is 2. The SMILES string of the molecule is CCOc1ccccc1CCC(=O)OC(C)C(=O)NCCc1ccc(OC)cc1. The minimum absolute atomic E-state index is 0.188. The van der Waals surface area contributed by atoms with Crippen molar-refractivity contribution in [1.29, 1.82) is 0 Å². The highest BCUT2D eigenvalue weighted by molar-refractivity contribution is 5.83. The Morgan fingerprint density at radius 1 is 1.03 bits per heavy atom. The lowest BCUT2D eigenvalue weighted by Gasteiger charge is -2.14. The normalized spacial score (nSPS) is 11.4. The lowest BCUT2D eigenvalue weighted by Crippen LogP contribution is -2.36. The number of esters is 1. The van der Waals surface area contributed by atoms with Crippen molar-refractivity contribution >= 4 is 11.9 Å². The molecule has 0 saturated carbocycles. The molecule has 6 heteroatoms. The van der Waals surface area contributed by atoms with Crippen LogP contribution >= 0.6 is 0 Å². The molecule has 0 aliphatic heterocycles. The largest absolute Gasteiger partial charge is 0.497 e. The first-order chi connectivity index (χ1) is 14.0. The predicted molar refractivity (Wildman–Crippen MR) is 111 cm³/mol. The molecular weight excluding hydrogens is 370 g/mol. The molecule has 0 saturated heterocycles. The van der Waals surface area contributed by atoms with Gasteiger partial charge in [0.2, 0.25) is 0 Å². The molecule has 0 fully saturated rings. The summed E-state index contributed by atoms with van der Waals surface area (Å²) in [5.41, 5.74) is 2.03. The molecule has 0 heterocycles. The molecule has 6 nitrogen and oxygen atoms in total. The summed E-state index contributed by atoms with van der Waals surface area (Å²) in [5, 5.41) is 2.80. The highest BCUT2D eigenvalue weighted by Gasteiger charge is 2.17. The molecular formula is C23H29NO5. The van der Waals surface area contributed by atoms with Gasteiger partial charge in [0, 0.05) is 13.0 Å². The molecule has 1 unspecified atom stereocenters. The summed E-state index contributed by atoms with van der Waals surface area (Å²) in [6.45, 7) is 4.53. The highest BCUT2D eigenvalue weighted by atomic mass is 16.5. The number of para-hydroxylation sites is 1. The van der Waals surface area contributed by atoms with E-state index in [0.29, 0.717) is 26.0 Å². The number of aryl methyl sites for hydroxylation is 1. The van der Waals surface area contributed by atoms with E-state index in [1.165, 1.54) is 0 Å². The van der Waals surface area contributed by atoms with Gasteiger partial charge in [-0.2, -0.15) is 0 Å². The van der Waals surface area contributed by atoms with Gasteiger partial charge < -0.3 is 19.5 Å². The van der Waals surface area contributed by atoms with E-state index in [-0.39, 0.29) is 12.3 Å². The zero-order valence-corrected chi connectivity index (χ0v) is 17.3. The summed E-state index contributed by atoms with van der Waals surface area (Å²) in [6, 6.07) is 15.3. The Hall–Kier alpha value is -3.02. The maximum Gasteiger partial charge on any atom is 0.306 e. The fourth-order valence-corrected chi connectivity index (χ4v) is 2.82. The average molecular weight is 399 g/mol. The molecule has 0 radical (unpaired) electrons. The van der Waals surface area contributed by atoms with E-state index in [1.54, 1.807) is 14.0 Å². The quantitative estimate of drug-likeness (QED) is 0.587. The van der Waals surface area contributed by atoms with E-state index < -0.39 is 12.1 Å². The van der Waals surface area contributed by atoms with Gasteiger partial charge in [0.1, 0.15) is 11.5 Å². The van der Waals surface area contributed by atoms with E-state index in [2.05, 4.69) is 5.32 Å². The first-order valence-corrected chi connectivity index (χ1v) is 9.84. The van der Waals surface area contributed by atoms with E-state index in [1.807, 2.05) is 55.5 Å². The first kappa shape index (κ1) is 22.3. The molecule has 1 amide bonds. The van der Waals surface area contributed by atoms with Gasteiger partial charge in [0.25, 0.3) is 5.91 Å². The van der Waals surface area contributed by atoms with E-state index in [0.717, 1.165) is 22.6 Å². The Labute approximate surface area is 172 Å². The number of hydrogen-bond acceptors (Lipinski definition) is 5. The minimum atomic E-state index is -0.833. The van der Waals surface area contributed by atoms with Crippen LogP contribution in [0.15, 0.2) is 48.5 Å². The number of benzene rings is 2. The molecule has 156 valence electrons. The fraction of sp³-hybridized carbons (Fsp3) is 0.391. The van der Waals surface area contributed by atoms with Gasteiger partial charge in [0.15, 0.2) is 6.10 Å². The van der Waals surface area contributed by atoms with Crippen molar-refractivity contribution < 1.29 is 23.8 Å². The van der Waals surface area contributed by atoms with Gasteiger partial charge in [0.05, 0.1) is 13.7 Å². The summed E-state index contributed by atoms with van der Waals surface area (Å²) in [7, 11) is 1.62. The van der Waals surface area contributed by atoms with Gasteiger partial charge in [-0.05, 0) is 56.0 Å². The topological polar surface area (TPSA) is 73.9 Å². The number of ether oxygens (including phenoxy) is 3. The van der Waals surface area contributed by atoms with Gasteiger partial charge in [-0.3, -0.25) is 9.59 Å². The van der Waals surface area contributed by atoms with E-state index in [9.17, 15) is 9.59 Å². The molecule has 1 N–H and O–H groups in total. The van der Waals surface area contributed by atoms with Crippen molar-refractivity contribution in [3.05, 3.63) is 59.7 Å². The number of amides is 1. The van der Waals surface area contributed by atoms with Gasteiger partial charge in [-0.25, -0.2) is 0 Å². The lowest BCUT2D eigenvalue weighted by molar-refractivity contribution is -0.154. The van der Waals surface area contributed by atoms with Crippen molar-refractivity contribution in [2.75, 3.05) is 20.3 Å². The molecule has 1 atom stereocenters. The summed E-state index contributed by atoms with van der Waals surface area (Å²) in [4.78, 5) is 24.3. The van der Waals surface area contributed by atoms with Crippen molar-refractivity contribution in [2.45, 2.75) is 39.2 Å². The molecule has 0 aromatic heterocycles. The van der Waals surface area contributed by atoms with Crippen molar-refractivity contribution in [3.63, 3.8) is 0 Å². The van der Waals surface area contributed by atoms with Crippen LogP contribution in [0.5, 0.6) is 11.5 Å². The zero-order valence-electron chi connectivity index (χ0n) is 17.3. The zero-order chi connectivity index (χ0) is 21.1. The van der Waals surface area contributed by atoms with Crippen LogP contribution in [0.1, 0.15) is 31.4 Å². The average Bonchev–Trinajstić information content (AvgIpc) is 2.73. The van der Waals surface area contributed by atoms with Crippen LogP contribution in [0.25, 0.3) is 0 Å². The molecule has 0 spiro atoms. The molecule has 2 rings (SSSR count). The van der Waals surface area contributed by atoms with Crippen LogP contribution in [0, 0.1) is 0 Å². The second kappa shape index (κ2) is 11.7. The summed E-state index contributed by atoms with van der Waals surface area (Å²) in [6.07, 6.45) is 0.541. The summed E-state index contributed by atoms with van der Waals surface area (Å²) < 4.78 is 15.9. The molecule has 0 bridgehead atoms. The third-order valence-electron chi connectivity index (χ3n) is 4.42. The highest BCUT2D eigenvalue weighted by Crippen LogP contribution is 2.19. The Balaban J connectivity index is 1.72. The first-order valence-electron chi connectivity index (χ1n) is 9.84. The van der Waals surface area contributed by atoms with Gasteiger partial charge in [-0.1, -0.05) is 30.3 Å². The monoisotopic (exact) mass is 399 g/mol. The molecule has 2 aromatic carbocycles. The fourth-order valence-electron chi connectivity index (χ4n) is 2.82. The number of methoxy groups -OCH3 is 1. The smallest absolute Gasteiger partial charge is 0.306 e. The van der Waals surface area contributed by atoms with Crippen LogP contribution in [-0.2, 0) is 27.2 Å². The molecule has 29 heavy (non-hydrogen) atoms. The van der Waals surface area contributed by atoms with Crippen LogP contribution in [0.3, 0.4) is 0 Å². The third-order valence-corrected chi connectivity index (χ3v) is 4.42. The predicted octanol–water partition coefficient (Wildman–Crippen LogP) is 3.32. The van der Waals surface area contributed by atoms with Crippen molar-refractivity contribution in [1.82, 2.24) is 5.32 Å². The Bertz CT molecular complexity index is 788. The molecule has 0 aliphatic rings. The Kier molecular flexibility index (Phi) is 9.02. The number of hydrogen-bond donors (Lipinski definition) is 1. The Morgan fingerprint density at radius 2 is 1.76 bits per heavy atom. The summed E-state index contributed by atoms with van der Waals surface area (Å²) in [5.74, 6) is 0.852. The third kappa shape index (κ3) is 7.49. The van der Waals surface area contributed by atoms with Crippen LogP contribution in [0.2, 0.25) is 0 Å². The number of nitrogens with one attached hydrogen (secondary N) is 1. The standard InChI is InChI=1S/C23H29NO5/c1-4-28-21-8-6-5-7-19(21)11-14-22(25)29-17(2)23(26)24-16-15-18-9-12-20(27-3)13-10-18/h5-10,12-13,17H,4,11,14-16H2,1-3H3,(H,24,26). The maximum atomic E-state index is 12.2. The van der Waals surface area contributed by atoms with Gasteiger partial charge in [-0.15, -0.1) is 0 Å². The number of rotatable bonds is 11. The Morgan fingerprint density at radius 3 is 2.45 bits per heavy atom. The van der Waals surface area contributed by atoms with Crippen molar-refractivity contribution in [2.24, 2.45) is 0 Å². The lowest BCUT2D eigenvalue weighted by atomic mass is 10.1. The van der Waals surface area contributed by atoms with E-state index >= 15 is 0 Å². The van der Waals surface area contributed by atoms with Crippen LogP contribution < -0.4 is 14.8 Å². The second-order valence-electron chi connectivity index (χ2n) is 6.56. The van der Waals surface area contributed by atoms with Crippen LogP contribution in [0.4, 0.5) is 0 Å². The molecule has 0 aliphatic carbocycles. The number of carbonyl (C=O) groups is 2.